The Morgan fingerprint density at radius 1 is 1.20 bits per heavy atom. The number of fused-ring (bicyclic) bond motifs is 2. The summed E-state index contributed by atoms with van der Waals surface area (Å²) >= 11 is 0. The maximum Gasteiger partial charge on any atom is 0.306 e. The van der Waals surface area contributed by atoms with Crippen molar-refractivity contribution in [1.82, 2.24) is 0 Å². The Morgan fingerprint density at radius 2 is 1.80 bits per heavy atom. The third kappa shape index (κ3) is 4.74. The monoisotopic (exact) mass is 459 g/mol. The summed E-state index contributed by atoms with van der Waals surface area (Å²) in [6.07, 6.45) is 5.61. The van der Waals surface area contributed by atoms with Gasteiger partial charge in [-0.05, 0) is 12.0 Å². The number of aliphatic hydroxyl groups is 1. The van der Waals surface area contributed by atoms with Gasteiger partial charge >= 0.3 is 5.97 Å². The molecule has 1 aromatic carbocycles. The van der Waals surface area contributed by atoms with E-state index in [0.717, 1.165) is 22.9 Å². The van der Waals surface area contributed by atoms with Crippen molar-refractivity contribution in [1.29, 1.82) is 0 Å². The van der Waals surface area contributed by atoms with Crippen LogP contribution in [0.15, 0.2) is 30.3 Å². The minimum Gasteiger partial charge on any atom is -1.00 e. The molecule has 0 aliphatic carbocycles. The topological polar surface area (TPSA) is 46.5 Å². The Bertz CT molecular complexity index is 547. The number of aliphatic hydroxyl groups excluding tert-OH is 1. The average molecular weight is 459 g/mol. The summed E-state index contributed by atoms with van der Waals surface area (Å²) in [5.74, 6) is -0.0992. The molecule has 25 heavy (non-hydrogen) atoms. The van der Waals surface area contributed by atoms with Crippen LogP contribution in [0.5, 0.6) is 0 Å². The van der Waals surface area contributed by atoms with E-state index in [2.05, 4.69) is 14.1 Å². The first-order chi connectivity index (χ1) is 11.5. The van der Waals surface area contributed by atoms with Crippen LogP contribution in [0.4, 0.5) is 0 Å². The van der Waals surface area contributed by atoms with Gasteiger partial charge in [-0.25, -0.2) is 0 Å². The number of benzene rings is 1. The van der Waals surface area contributed by atoms with Crippen molar-refractivity contribution >= 4 is 5.97 Å². The molecular weight excluding hydrogens is 429 g/mol. The molecule has 0 amide bonds. The van der Waals surface area contributed by atoms with Crippen LogP contribution in [-0.4, -0.2) is 54.4 Å². The minimum atomic E-state index is -0.110. The number of quaternary nitrogens is 1. The van der Waals surface area contributed by atoms with Gasteiger partial charge in [-0.2, -0.15) is 0 Å². The van der Waals surface area contributed by atoms with E-state index in [1.54, 1.807) is 0 Å². The van der Waals surface area contributed by atoms with Crippen LogP contribution in [-0.2, 0) is 9.53 Å². The Morgan fingerprint density at radius 3 is 2.36 bits per heavy atom. The fourth-order valence-corrected chi connectivity index (χ4v) is 4.55. The molecule has 4 nitrogen and oxygen atoms in total. The second kappa shape index (κ2) is 8.82. The number of hydrogen-bond donors (Lipinski definition) is 1. The van der Waals surface area contributed by atoms with Crippen molar-refractivity contribution in [2.75, 3.05) is 20.7 Å². The Kier molecular flexibility index (Phi) is 7.29. The molecule has 2 fully saturated rings. The SMILES string of the molecule is C[N+]1(C)C2CCC1CC(OC(=O)CCC(CO)c1ccccc1)C2.[I-]. The van der Waals surface area contributed by atoms with Gasteiger partial charge in [0.05, 0.1) is 26.2 Å². The molecule has 5 heteroatoms. The molecule has 2 aliphatic heterocycles. The summed E-state index contributed by atoms with van der Waals surface area (Å²) in [6.45, 7) is 0.0660. The van der Waals surface area contributed by atoms with Gasteiger partial charge in [0.15, 0.2) is 0 Å². The summed E-state index contributed by atoms with van der Waals surface area (Å²) in [7, 11) is 4.62. The quantitative estimate of drug-likeness (QED) is 0.366. The lowest BCUT2D eigenvalue weighted by Crippen LogP contribution is -3.00. The van der Waals surface area contributed by atoms with Crippen LogP contribution >= 0.6 is 0 Å². The number of halogens is 1. The molecular formula is C20H30INO3. The predicted octanol–water partition coefficient (Wildman–Crippen LogP) is -0.140. The molecule has 2 heterocycles. The largest absolute Gasteiger partial charge is 1.00 e. The standard InChI is InChI=1S/C20H30NO3.HI/c1-21(2)17-9-10-18(21)13-19(12-17)24-20(23)11-8-16(14-22)15-6-4-3-5-7-15;/h3-7,16-19,22H,8-14H2,1-2H3;1H/q+1;/p-1. The predicted molar refractivity (Wildman–Crippen MR) is 93.5 cm³/mol. The number of carbonyl (C=O) groups is 1. The van der Waals surface area contributed by atoms with Crippen molar-refractivity contribution < 1.29 is 43.1 Å². The molecule has 3 atom stereocenters. The van der Waals surface area contributed by atoms with Crippen molar-refractivity contribution in [3.8, 4) is 0 Å². The molecule has 3 unspecified atom stereocenters. The van der Waals surface area contributed by atoms with E-state index in [1.807, 2.05) is 30.3 Å². The Balaban J connectivity index is 0.00000225. The van der Waals surface area contributed by atoms with E-state index in [0.29, 0.717) is 24.9 Å². The number of carbonyl (C=O) groups excluding carboxylic acids is 1. The van der Waals surface area contributed by atoms with Gasteiger partial charge in [0.25, 0.3) is 0 Å². The van der Waals surface area contributed by atoms with Gasteiger partial charge < -0.3 is 38.3 Å². The normalized spacial score (nSPS) is 28.0. The average Bonchev–Trinajstić information content (AvgIpc) is 2.75. The molecule has 0 saturated carbocycles. The molecule has 2 bridgehead atoms. The zero-order valence-corrected chi connectivity index (χ0v) is 17.4. The fourth-order valence-electron chi connectivity index (χ4n) is 4.55. The lowest BCUT2D eigenvalue weighted by atomic mass is 9.95. The van der Waals surface area contributed by atoms with Crippen LogP contribution in [0.25, 0.3) is 0 Å². The highest BCUT2D eigenvalue weighted by atomic mass is 127. The number of rotatable bonds is 6. The maximum atomic E-state index is 12.2. The lowest BCUT2D eigenvalue weighted by molar-refractivity contribution is -0.931. The second-order valence-corrected chi connectivity index (χ2v) is 7.93. The van der Waals surface area contributed by atoms with E-state index in [-0.39, 0.29) is 48.6 Å². The molecule has 0 radical (unpaired) electrons. The maximum absolute atomic E-state index is 12.2. The highest BCUT2D eigenvalue weighted by molar-refractivity contribution is 5.69. The highest BCUT2D eigenvalue weighted by Crippen LogP contribution is 2.40. The van der Waals surface area contributed by atoms with Crippen LogP contribution < -0.4 is 24.0 Å². The fraction of sp³-hybridized carbons (Fsp3) is 0.650. The minimum absolute atomic E-state index is 0. The first kappa shape index (κ1) is 20.6. The van der Waals surface area contributed by atoms with Gasteiger partial charge in [0.1, 0.15) is 6.10 Å². The third-order valence-corrected chi connectivity index (χ3v) is 6.27. The number of nitrogens with zero attached hydrogens (tertiary/aromatic N) is 1. The number of ether oxygens (including phenoxy) is 1. The van der Waals surface area contributed by atoms with E-state index < -0.39 is 0 Å². The molecule has 3 rings (SSSR count). The Hall–Kier alpha value is -0.660. The summed E-state index contributed by atoms with van der Waals surface area (Å²) in [4.78, 5) is 12.2. The third-order valence-electron chi connectivity index (χ3n) is 6.27. The summed E-state index contributed by atoms with van der Waals surface area (Å²) in [6, 6.07) is 11.2. The van der Waals surface area contributed by atoms with Gasteiger partial charge in [0, 0.05) is 44.6 Å². The van der Waals surface area contributed by atoms with Gasteiger partial charge in [-0.15, -0.1) is 0 Å². The molecule has 0 spiro atoms. The van der Waals surface area contributed by atoms with Gasteiger partial charge in [0.2, 0.25) is 0 Å². The lowest BCUT2D eigenvalue weighted by Gasteiger charge is -2.43. The molecule has 0 aromatic heterocycles. The van der Waals surface area contributed by atoms with Crippen molar-refractivity contribution in [2.24, 2.45) is 0 Å². The number of piperidine rings is 1. The highest BCUT2D eigenvalue weighted by Gasteiger charge is 2.49. The van der Waals surface area contributed by atoms with Crippen molar-refractivity contribution in [3.63, 3.8) is 0 Å². The molecule has 140 valence electrons. The smallest absolute Gasteiger partial charge is 0.306 e. The zero-order chi connectivity index (χ0) is 17.2. The molecule has 1 aromatic rings. The van der Waals surface area contributed by atoms with Crippen LogP contribution in [0.3, 0.4) is 0 Å². The second-order valence-electron chi connectivity index (χ2n) is 7.93. The first-order valence-corrected chi connectivity index (χ1v) is 9.19. The number of hydrogen-bond acceptors (Lipinski definition) is 3. The van der Waals surface area contributed by atoms with E-state index >= 15 is 0 Å². The van der Waals surface area contributed by atoms with Gasteiger partial charge in [-0.1, -0.05) is 30.3 Å². The Labute approximate surface area is 168 Å². The molecule has 2 saturated heterocycles. The van der Waals surface area contributed by atoms with Crippen LogP contribution in [0, 0.1) is 0 Å². The van der Waals surface area contributed by atoms with Gasteiger partial charge in [-0.3, -0.25) is 4.79 Å². The first-order valence-electron chi connectivity index (χ1n) is 9.19. The van der Waals surface area contributed by atoms with E-state index in [4.69, 9.17) is 4.74 Å². The molecule has 2 aliphatic rings. The van der Waals surface area contributed by atoms with Crippen LogP contribution in [0.1, 0.15) is 50.0 Å². The van der Waals surface area contributed by atoms with E-state index in [1.165, 1.54) is 12.8 Å². The summed E-state index contributed by atoms with van der Waals surface area (Å²) in [5, 5.41) is 9.59. The van der Waals surface area contributed by atoms with Crippen molar-refractivity contribution in [2.45, 2.75) is 62.6 Å². The molecule has 1 N–H and O–H groups in total. The zero-order valence-electron chi connectivity index (χ0n) is 15.2. The summed E-state index contributed by atoms with van der Waals surface area (Å²) < 4.78 is 6.86. The number of esters is 1. The van der Waals surface area contributed by atoms with E-state index in [9.17, 15) is 9.90 Å². The van der Waals surface area contributed by atoms with Crippen LogP contribution in [0.2, 0.25) is 0 Å². The summed E-state index contributed by atoms with van der Waals surface area (Å²) in [5.41, 5.74) is 1.09. The van der Waals surface area contributed by atoms with Crippen molar-refractivity contribution in [3.05, 3.63) is 35.9 Å².